The van der Waals surface area contributed by atoms with Crippen molar-refractivity contribution in [2.24, 2.45) is 0 Å². The van der Waals surface area contributed by atoms with Crippen molar-refractivity contribution in [2.75, 3.05) is 12.8 Å². The molecule has 0 aliphatic rings. The molecule has 1 unspecified atom stereocenters. The standard InChI is InChI=1S/C4H10NP/c1-2-3-5-4-6/h2,5H,1,3-4,6H2. The molecule has 6 heavy (non-hydrogen) atoms. The third kappa shape index (κ3) is 4.13. The second-order valence-electron chi connectivity index (χ2n) is 0.947. The Hall–Kier alpha value is 0.130. The zero-order chi connectivity index (χ0) is 4.83. The Balaban J connectivity index is 2.49. The van der Waals surface area contributed by atoms with Gasteiger partial charge in [0.1, 0.15) is 0 Å². The van der Waals surface area contributed by atoms with Crippen molar-refractivity contribution in [3.05, 3.63) is 12.7 Å². The Labute approximate surface area is 41.0 Å². The molecule has 1 nitrogen and oxygen atoms in total. The Kier molecular flexibility index (Phi) is 5.24. The summed E-state index contributed by atoms with van der Waals surface area (Å²) in [7, 11) is 2.57. The average Bonchev–Trinajstić information content (AvgIpc) is 1.61. The van der Waals surface area contributed by atoms with Gasteiger partial charge in [-0.3, -0.25) is 0 Å². The summed E-state index contributed by atoms with van der Waals surface area (Å²) in [6.07, 6.45) is 2.79. The quantitative estimate of drug-likeness (QED) is 0.313. The summed E-state index contributed by atoms with van der Waals surface area (Å²) >= 11 is 0. The maximum Gasteiger partial charge on any atom is 0.0135 e. The van der Waals surface area contributed by atoms with E-state index >= 15 is 0 Å². The summed E-state index contributed by atoms with van der Waals surface area (Å²) in [4.78, 5) is 0. The van der Waals surface area contributed by atoms with Gasteiger partial charge in [0, 0.05) is 12.8 Å². The Bertz CT molecular complexity index is 36.5. The molecular weight excluding hydrogens is 93.0 g/mol. The highest BCUT2D eigenvalue weighted by molar-refractivity contribution is 7.16. The number of nitrogens with one attached hydrogen (secondary N) is 1. The molecule has 0 saturated carbocycles. The molecule has 2 heteroatoms. The fourth-order valence-corrected chi connectivity index (χ4v) is 0.352. The molecule has 0 bridgehead atoms. The van der Waals surface area contributed by atoms with Crippen LogP contribution in [-0.2, 0) is 0 Å². The van der Waals surface area contributed by atoms with Gasteiger partial charge >= 0.3 is 0 Å². The molecular formula is C4H10NP. The van der Waals surface area contributed by atoms with E-state index in [1.165, 1.54) is 0 Å². The summed E-state index contributed by atoms with van der Waals surface area (Å²) in [6, 6.07) is 0. The third-order valence-electron chi connectivity index (χ3n) is 0.433. The van der Waals surface area contributed by atoms with E-state index in [2.05, 4.69) is 21.1 Å². The molecule has 1 N–H and O–H groups in total. The molecule has 0 radical (unpaired) electrons. The van der Waals surface area contributed by atoms with Crippen LogP contribution in [0.4, 0.5) is 0 Å². The Morgan fingerprint density at radius 1 is 1.83 bits per heavy atom. The van der Waals surface area contributed by atoms with Crippen LogP contribution in [-0.4, -0.2) is 12.8 Å². The predicted molar refractivity (Wildman–Crippen MR) is 32.8 cm³/mol. The van der Waals surface area contributed by atoms with Crippen molar-refractivity contribution < 1.29 is 0 Å². The topological polar surface area (TPSA) is 12.0 Å². The molecule has 0 aromatic heterocycles. The first-order valence-electron chi connectivity index (χ1n) is 1.93. The van der Waals surface area contributed by atoms with Crippen molar-refractivity contribution >= 4 is 9.24 Å². The number of rotatable bonds is 3. The van der Waals surface area contributed by atoms with Gasteiger partial charge in [-0.05, 0) is 0 Å². The second kappa shape index (κ2) is 5.13. The van der Waals surface area contributed by atoms with Gasteiger partial charge in [-0.15, -0.1) is 15.8 Å². The van der Waals surface area contributed by atoms with Gasteiger partial charge in [-0.2, -0.15) is 0 Å². The van der Waals surface area contributed by atoms with Gasteiger partial charge in [-0.1, -0.05) is 6.08 Å². The molecule has 0 rings (SSSR count). The van der Waals surface area contributed by atoms with Crippen LogP contribution >= 0.6 is 9.24 Å². The summed E-state index contributed by atoms with van der Waals surface area (Å²) in [5.41, 5.74) is 0. The van der Waals surface area contributed by atoms with Gasteiger partial charge in [-0.25, -0.2) is 0 Å². The molecule has 0 saturated heterocycles. The van der Waals surface area contributed by atoms with Crippen LogP contribution in [0, 0.1) is 0 Å². The lowest BCUT2D eigenvalue weighted by Crippen LogP contribution is -2.08. The molecule has 0 aliphatic carbocycles. The van der Waals surface area contributed by atoms with Crippen molar-refractivity contribution in [2.45, 2.75) is 0 Å². The third-order valence-corrected chi connectivity index (χ3v) is 0.722. The van der Waals surface area contributed by atoms with Crippen LogP contribution in [0.2, 0.25) is 0 Å². The monoisotopic (exact) mass is 103 g/mol. The van der Waals surface area contributed by atoms with E-state index in [0.29, 0.717) is 0 Å². The Morgan fingerprint density at radius 3 is 2.67 bits per heavy atom. The van der Waals surface area contributed by atoms with Gasteiger partial charge in [0.05, 0.1) is 0 Å². The summed E-state index contributed by atoms with van der Waals surface area (Å²) in [5.74, 6) is 0. The minimum Gasteiger partial charge on any atom is -0.310 e. The van der Waals surface area contributed by atoms with Gasteiger partial charge in [0.15, 0.2) is 0 Å². The maximum absolute atomic E-state index is 3.53. The summed E-state index contributed by atoms with van der Waals surface area (Å²) in [6.45, 7) is 4.43. The van der Waals surface area contributed by atoms with Crippen LogP contribution < -0.4 is 5.32 Å². The van der Waals surface area contributed by atoms with E-state index in [1.807, 2.05) is 6.08 Å². The van der Waals surface area contributed by atoms with Crippen molar-refractivity contribution in [3.63, 3.8) is 0 Å². The lowest BCUT2D eigenvalue weighted by Gasteiger charge is -1.88. The first kappa shape index (κ1) is 6.13. The first-order chi connectivity index (χ1) is 2.91. The van der Waals surface area contributed by atoms with Crippen molar-refractivity contribution in [1.29, 1.82) is 0 Å². The SMILES string of the molecule is C=CCNCP. The van der Waals surface area contributed by atoms with Crippen LogP contribution in [0.15, 0.2) is 12.7 Å². The van der Waals surface area contributed by atoms with Gasteiger partial charge in [0.25, 0.3) is 0 Å². The van der Waals surface area contributed by atoms with E-state index < -0.39 is 0 Å². The highest BCUT2D eigenvalue weighted by Crippen LogP contribution is 1.69. The first-order valence-corrected chi connectivity index (χ1v) is 2.75. The summed E-state index contributed by atoms with van der Waals surface area (Å²) in [5, 5.41) is 3.04. The van der Waals surface area contributed by atoms with Crippen molar-refractivity contribution in [1.82, 2.24) is 5.32 Å². The fourth-order valence-electron chi connectivity index (χ4n) is 0.185. The van der Waals surface area contributed by atoms with E-state index in [9.17, 15) is 0 Å². The largest absolute Gasteiger partial charge is 0.310 e. The highest BCUT2D eigenvalue weighted by atomic mass is 31.0. The normalized spacial score (nSPS) is 8.17. The number of hydrogen-bond donors (Lipinski definition) is 1. The van der Waals surface area contributed by atoms with Gasteiger partial charge in [0.2, 0.25) is 0 Å². The van der Waals surface area contributed by atoms with Crippen LogP contribution in [0.25, 0.3) is 0 Å². The maximum atomic E-state index is 3.53. The minimum atomic E-state index is 0.906. The van der Waals surface area contributed by atoms with E-state index in [0.717, 1.165) is 12.8 Å². The zero-order valence-electron chi connectivity index (χ0n) is 3.78. The number of hydrogen-bond acceptors (Lipinski definition) is 1. The van der Waals surface area contributed by atoms with Crippen molar-refractivity contribution in [3.8, 4) is 0 Å². The average molecular weight is 103 g/mol. The molecule has 0 heterocycles. The van der Waals surface area contributed by atoms with E-state index in [4.69, 9.17) is 0 Å². The lowest BCUT2D eigenvalue weighted by molar-refractivity contribution is 0.893. The Morgan fingerprint density at radius 2 is 2.50 bits per heavy atom. The molecule has 0 aromatic rings. The fraction of sp³-hybridized carbons (Fsp3) is 0.500. The predicted octanol–water partition coefficient (Wildman–Crippen LogP) is 0.595. The molecule has 36 valence electrons. The molecule has 0 aliphatic heterocycles. The molecule has 0 amide bonds. The molecule has 0 aromatic carbocycles. The van der Waals surface area contributed by atoms with Gasteiger partial charge < -0.3 is 5.32 Å². The smallest absolute Gasteiger partial charge is 0.0135 e. The minimum absolute atomic E-state index is 0.906. The molecule has 0 spiro atoms. The summed E-state index contributed by atoms with van der Waals surface area (Å²) < 4.78 is 0. The second-order valence-corrected chi connectivity index (χ2v) is 1.36. The van der Waals surface area contributed by atoms with Crippen LogP contribution in [0.5, 0.6) is 0 Å². The molecule has 0 fully saturated rings. The zero-order valence-corrected chi connectivity index (χ0v) is 4.93. The highest BCUT2D eigenvalue weighted by Gasteiger charge is 1.66. The van der Waals surface area contributed by atoms with E-state index in [-0.39, 0.29) is 0 Å². The lowest BCUT2D eigenvalue weighted by atomic mass is 10.6. The van der Waals surface area contributed by atoms with Crippen LogP contribution in [0.3, 0.4) is 0 Å². The van der Waals surface area contributed by atoms with E-state index in [1.54, 1.807) is 0 Å². The molecule has 1 atom stereocenters. The van der Waals surface area contributed by atoms with Crippen LogP contribution in [0.1, 0.15) is 0 Å².